The fourth-order valence-electron chi connectivity index (χ4n) is 1.53. The maximum Gasteiger partial charge on any atom is 0.246 e. The second kappa shape index (κ2) is 7.66. The van der Waals surface area contributed by atoms with Crippen LogP contribution in [0.25, 0.3) is 0 Å². The van der Waals surface area contributed by atoms with E-state index in [1.54, 1.807) is 0 Å². The zero-order chi connectivity index (χ0) is 12.5. The van der Waals surface area contributed by atoms with Gasteiger partial charge in [-0.05, 0) is 18.9 Å². The van der Waals surface area contributed by atoms with Gasteiger partial charge in [-0.1, -0.05) is 56.2 Å². The van der Waals surface area contributed by atoms with Gasteiger partial charge < -0.3 is 5.32 Å². The van der Waals surface area contributed by atoms with Crippen LogP contribution in [0, 0.1) is 0 Å². The molecule has 0 fully saturated rings. The van der Waals surface area contributed by atoms with Gasteiger partial charge in [0.1, 0.15) is 0 Å². The molecule has 0 unspecified atom stereocenters. The molecule has 0 heterocycles. The Labute approximate surface area is 104 Å². The van der Waals surface area contributed by atoms with E-state index in [0.717, 1.165) is 30.4 Å². The van der Waals surface area contributed by atoms with Crippen LogP contribution in [0.4, 0.5) is 0 Å². The average Bonchev–Trinajstić information content (AvgIpc) is 2.37. The minimum Gasteiger partial charge on any atom is -0.348 e. The van der Waals surface area contributed by atoms with E-state index in [-0.39, 0.29) is 5.91 Å². The molecule has 2 heteroatoms. The predicted molar refractivity (Wildman–Crippen MR) is 71.6 cm³/mol. The van der Waals surface area contributed by atoms with Crippen molar-refractivity contribution in [3.8, 4) is 0 Å². The van der Waals surface area contributed by atoms with Gasteiger partial charge in [-0.2, -0.15) is 0 Å². The van der Waals surface area contributed by atoms with Crippen molar-refractivity contribution in [2.75, 3.05) is 0 Å². The molecule has 1 rings (SSSR count). The van der Waals surface area contributed by atoms with E-state index in [4.69, 9.17) is 0 Å². The summed E-state index contributed by atoms with van der Waals surface area (Å²) in [5, 5.41) is 2.92. The summed E-state index contributed by atoms with van der Waals surface area (Å²) < 4.78 is 0. The lowest BCUT2D eigenvalue weighted by molar-refractivity contribution is -0.117. The highest BCUT2D eigenvalue weighted by atomic mass is 16.1. The van der Waals surface area contributed by atoms with E-state index in [0.29, 0.717) is 6.54 Å². The Balaban J connectivity index is 2.36. The van der Waals surface area contributed by atoms with Gasteiger partial charge in [-0.3, -0.25) is 4.79 Å². The van der Waals surface area contributed by atoms with Gasteiger partial charge in [-0.15, -0.1) is 0 Å². The SMILES string of the molecule is CCCCC=C(C)C(=O)NCc1ccccc1. The summed E-state index contributed by atoms with van der Waals surface area (Å²) in [7, 11) is 0. The van der Waals surface area contributed by atoms with Gasteiger partial charge >= 0.3 is 0 Å². The molecule has 0 aliphatic rings. The van der Waals surface area contributed by atoms with E-state index in [9.17, 15) is 4.79 Å². The minimum absolute atomic E-state index is 0.0324. The number of unbranched alkanes of at least 4 members (excludes halogenated alkanes) is 2. The molecule has 0 saturated heterocycles. The van der Waals surface area contributed by atoms with E-state index in [1.165, 1.54) is 0 Å². The fourth-order valence-corrected chi connectivity index (χ4v) is 1.53. The lowest BCUT2D eigenvalue weighted by Crippen LogP contribution is -2.23. The normalized spacial score (nSPS) is 11.3. The molecule has 1 aromatic rings. The number of allylic oxidation sites excluding steroid dienone is 1. The molecule has 17 heavy (non-hydrogen) atoms. The number of hydrogen-bond acceptors (Lipinski definition) is 1. The molecule has 2 nitrogen and oxygen atoms in total. The molecule has 0 atom stereocenters. The largest absolute Gasteiger partial charge is 0.348 e. The standard InChI is InChI=1S/C15H21NO/c1-3-4-6-9-13(2)15(17)16-12-14-10-7-5-8-11-14/h5,7-11H,3-4,6,12H2,1-2H3,(H,16,17). The van der Waals surface area contributed by atoms with Gasteiger partial charge in [0.15, 0.2) is 0 Å². The Bertz CT molecular complexity index is 368. The Kier molecular flexibility index (Phi) is 6.08. The van der Waals surface area contributed by atoms with Crippen LogP contribution >= 0.6 is 0 Å². The lowest BCUT2D eigenvalue weighted by Gasteiger charge is -2.05. The van der Waals surface area contributed by atoms with E-state index >= 15 is 0 Å². The zero-order valence-corrected chi connectivity index (χ0v) is 10.7. The van der Waals surface area contributed by atoms with Crippen molar-refractivity contribution in [1.82, 2.24) is 5.32 Å². The third-order valence-corrected chi connectivity index (χ3v) is 2.66. The van der Waals surface area contributed by atoms with Crippen molar-refractivity contribution in [2.45, 2.75) is 39.7 Å². The maximum absolute atomic E-state index is 11.7. The zero-order valence-electron chi connectivity index (χ0n) is 10.7. The quantitative estimate of drug-likeness (QED) is 0.589. The van der Waals surface area contributed by atoms with Crippen LogP contribution in [0.2, 0.25) is 0 Å². The molecule has 0 aromatic heterocycles. The van der Waals surface area contributed by atoms with Crippen LogP contribution in [-0.4, -0.2) is 5.91 Å². The molecule has 92 valence electrons. The number of hydrogen-bond donors (Lipinski definition) is 1. The molecule has 1 aromatic carbocycles. The van der Waals surface area contributed by atoms with Crippen LogP contribution in [0.1, 0.15) is 38.7 Å². The number of carbonyl (C=O) groups is 1. The third kappa shape index (κ3) is 5.34. The van der Waals surface area contributed by atoms with Crippen molar-refractivity contribution < 1.29 is 4.79 Å². The summed E-state index contributed by atoms with van der Waals surface area (Å²) in [5.41, 5.74) is 1.94. The number of rotatable bonds is 6. The van der Waals surface area contributed by atoms with Crippen molar-refractivity contribution in [3.05, 3.63) is 47.5 Å². The van der Waals surface area contributed by atoms with Gasteiger partial charge in [0, 0.05) is 12.1 Å². The summed E-state index contributed by atoms with van der Waals surface area (Å²) in [6, 6.07) is 9.95. The maximum atomic E-state index is 11.7. The highest BCUT2D eigenvalue weighted by Crippen LogP contribution is 2.02. The van der Waals surface area contributed by atoms with Gasteiger partial charge in [0.2, 0.25) is 5.91 Å². The van der Waals surface area contributed by atoms with E-state index in [2.05, 4.69) is 12.2 Å². The molecule has 0 aliphatic heterocycles. The van der Waals surface area contributed by atoms with Crippen molar-refractivity contribution in [2.24, 2.45) is 0 Å². The molecule has 0 saturated carbocycles. The highest BCUT2D eigenvalue weighted by Gasteiger charge is 2.02. The van der Waals surface area contributed by atoms with Gasteiger partial charge in [-0.25, -0.2) is 0 Å². The molecule has 1 N–H and O–H groups in total. The fraction of sp³-hybridized carbons (Fsp3) is 0.400. The van der Waals surface area contributed by atoms with Crippen molar-refractivity contribution >= 4 is 5.91 Å². The molecular formula is C15H21NO. The minimum atomic E-state index is 0.0324. The summed E-state index contributed by atoms with van der Waals surface area (Å²) in [4.78, 5) is 11.7. The first-order valence-electron chi connectivity index (χ1n) is 6.23. The number of carbonyl (C=O) groups excluding carboxylic acids is 1. The topological polar surface area (TPSA) is 29.1 Å². The average molecular weight is 231 g/mol. The number of nitrogens with one attached hydrogen (secondary N) is 1. The first kappa shape index (κ1) is 13.5. The predicted octanol–water partition coefficient (Wildman–Crippen LogP) is 3.44. The molecule has 0 aliphatic carbocycles. The summed E-state index contributed by atoms with van der Waals surface area (Å²) in [6.45, 7) is 4.62. The smallest absolute Gasteiger partial charge is 0.246 e. The first-order chi connectivity index (χ1) is 8.24. The first-order valence-corrected chi connectivity index (χ1v) is 6.23. The monoisotopic (exact) mass is 231 g/mol. The Hall–Kier alpha value is -1.57. The third-order valence-electron chi connectivity index (χ3n) is 2.66. The molecule has 0 radical (unpaired) electrons. The van der Waals surface area contributed by atoms with Crippen LogP contribution < -0.4 is 5.32 Å². The van der Waals surface area contributed by atoms with Crippen LogP contribution in [0.3, 0.4) is 0 Å². The Morgan fingerprint density at radius 3 is 2.65 bits per heavy atom. The summed E-state index contributed by atoms with van der Waals surface area (Å²) in [5.74, 6) is 0.0324. The number of amides is 1. The lowest BCUT2D eigenvalue weighted by atomic mass is 10.1. The second-order valence-corrected chi connectivity index (χ2v) is 4.20. The number of benzene rings is 1. The van der Waals surface area contributed by atoms with E-state index in [1.807, 2.05) is 43.3 Å². The van der Waals surface area contributed by atoms with Gasteiger partial charge in [0.05, 0.1) is 0 Å². The highest BCUT2D eigenvalue weighted by molar-refractivity contribution is 5.92. The summed E-state index contributed by atoms with van der Waals surface area (Å²) >= 11 is 0. The second-order valence-electron chi connectivity index (χ2n) is 4.20. The van der Waals surface area contributed by atoms with Crippen LogP contribution in [0.5, 0.6) is 0 Å². The molecular weight excluding hydrogens is 210 g/mol. The molecule has 1 amide bonds. The van der Waals surface area contributed by atoms with Crippen LogP contribution in [0.15, 0.2) is 42.0 Å². The van der Waals surface area contributed by atoms with Crippen LogP contribution in [-0.2, 0) is 11.3 Å². The Morgan fingerprint density at radius 2 is 2.00 bits per heavy atom. The summed E-state index contributed by atoms with van der Waals surface area (Å²) in [6.07, 6.45) is 5.31. The van der Waals surface area contributed by atoms with Crippen molar-refractivity contribution in [1.29, 1.82) is 0 Å². The van der Waals surface area contributed by atoms with E-state index < -0.39 is 0 Å². The van der Waals surface area contributed by atoms with Crippen molar-refractivity contribution in [3.63, 3.8) is 0 Å². The van der Waals surface area contributed by atoms with Gasteiger partial charge in [0.25, 0.3) is 0 Å². The Morgan fingerprint density at radius 1 is 1.29 bits per heavy atom. The molecule has 0 bridgehead atoms. The molecule has 0 spiro atoms.